The van der Waals surface area contributed by atoms with Crippen LogP contribution in [0.15, 0.2) is 54.6 Å². The van der Waals surface area contributed by atoms with Crippen LogP contribution in [-0.4, -0.2) is 37.7 Å². The molecule has 0 aliphatic carbocycles. The molecule has 4 rings (SSSR count). The maximum absolute atomic E-state index is 13.1. The van der Waals surface area contributed by atoms with Crippen molar-refractivity contribution in [3.05, 3.63) is 66.0 Å². The van der Waals surface area contributed by atoms with E-state index in [1.165, 1.54) is 30.5 Å². The molecule has 1 atom stereocenters. The highest BCUT2D eigenvalue weighted by Crippen LogP contribution is 2.21. The molecule has 1 aliphatic rings. The highest BCUT2D eigenvalue weighted by Gasteiger charge is 2.24. The number of halogens is 1. The molecule has 0 N–H and O–H groups in total. The number of aromatic nitrogens is 4. The topological polar surface area (TPSA) is 46.8 Å². The van der Waals surface area contributed by atoms with Crippen LogP contribution >= 0.6 is 0 Å². The summed E-state index contributed by atoms with van der Waals surface area (Å²) in [4.78, 5) is 4.19. The molecule has 134 valence electrons. The monoisotopic (exact) mass is 351 g/mol. The molecule has 1 unspecified atom stereocenters. The Balaban J connectivity index is 1.45. The molecule has 3 aromatic rings. The molecule has 6 heteroatoms. The Bertz CT molecular complexity index is 831. The predicted molar refractivity (Wildman–Crippen MR) is 97.7 cm³/mol. The second-order valence-electron chi connectivity index (χ2n) is 6.78. The van der Waals surface area contributed by atoms with E-state index in [2.05, 4.69) is 44.6 Å². The highest BCUT2D eigenvalue weighted by atomic mass is 19.1. The maximum atomic E-state index is 13.1. The van der Waals surface area contributed by atoms with Crippen molar-refractivity contribution in [3.8, 4) is 11.4 Å². The molecule has 0 spiro atoms. The Morgan fingerprint density at radius 1 is 1.00 bits per heavy atom. The molecule has 1 saturated heterocycles. The Morgan fingerprint density at radius 3 is 2.62 bits per heavy atom. The Morgan fingerprint density at radius 2 is 1.81 bits per heavy atom. The molecular formula is C20H22FN5. The summed E-state index contributed by atoms with van der Waals surface area (Å²) >= 11 is 0. The molecule has 1 aliphatic heterocycles. The third kappa shape index (κ3) is 3.96. The number of tetrazole rings is 1. The van der Waals surface area contributed by atoms with Crippen molar-refractivity contribution < 1.29 is 4.39 Å². The third-order valence-electron chi connectivity index (χ3n) is 4.91. The lowest BCUT2D eigenvalue weighted by atomic mass is 10.0. The van der Waals surface area contributed by atoms with E-state index < -0.39 is 0 Å². The van der Waals surface area contributed by atoms with Crippen LogP contribution in [0, 0.1) is 5.82 Å². The van der Waals surface area contributed by atoms with Crippen molar-refractivity contribution in [3.63, 3.8) is 0 Å². The van der Waals surface area contributed by atoms with Gasteiger partial charge in [0.25, 0.3) is 0 Å². The van der Waals surface area contributed by atoms with Gasteiger partial charge in [0, 0.05) is 18.2 Å². The van der Waals surface area contributed by atoms with Crippen LogP contribution in [0.5, 0.6) is 0 Å². The summed E-state index contributed by atoms with van der Waals surface area (Å²) in [7, 11) is 0. The minimum absolute atomic E-state index is 0.264. The fraction of sp³-hybridized carbons (Fsp3) is 0.350. The van der Waals surface area contributed by atoms with Gasteiger partial charge in [0.05, 0.1) is 6.54 Å². The van der Waals surface area contributed by atoms with Gasteiger partial charge >= 0.3 is 0 Å². The van der Waals surface area contributed by atoms with Gasteiger partial charge in [-0.15, -0.1) is 10.2 Å². The first kappa shape index (κ1) is 16.8. The summed E-state index contributed by atoms with van der Waals surface area (Å²) in [6, 6.07) is 17.2. The van der Waals surface area contributed by atoms with Gasteiger partial charge in [-0.05, 0) is 54.4 Å². The van der Waals surface area contributed by atoms with Crippen LogP contribution in [0.1, 0.15) is 24.8 Å². The number of piperidine rings is 1. The smallest absolute Gasteiger partial charge is 0.204 e. The summed E-state index contributed by atoms with van der Waals surface area (Å²) in [6.45, 7) is 2.77. The van der Waals surface area contributed by atoms with Crippen LogP contribution in [0.3, 0.4) is 0 Å². The lowest BCUT2D eigenvalue weighted by Crippen LogP contribution is -2.42. The zero-order valence-electron chi connectivity index (χ0n) is 14.6. The highest BCUT2D eigenvalue weighted by molar-refractivity contribution is 5.53. The van der Waals surface area contributed by atoms with Gasteiger partial charge in [-0.25, -0.2) is 4.39 Å². The molecule has 0 radical (unpaired) electrons. The fourth-order valence-electron chi connectivity index (χ4n) is 3.52. The molecule has 5 nitrogen and oxygen atoms in total. The molecular weight excluding hydrogens is 329 g/mol. The second kappa shape index (κ2) is 7.74. The standard InChI is InChI=1S/C20H22FN5/c21-18-11-9-17(10-12-18)20-22-24-26(23-20)15-19-8-4-5-13-25(19)14-16-6-2-1-3-7-16/h1-3,6-7,9-12,19H,4-5,8,13-15H2. The third-order valence-corrected chi connectivity index (χ3v) is 4.91. The average molecular weight is 351 g/mol. The van der Waals surface area contributed by atoms with E-state index in [0.717, 1.165) is 31.6 Å². The molecule has 0 saturated carbocycles. The van der Waals surface area contributed by atoms with E-state index in [1.54, 1.807) is 16.9 Å². The van der Waals surface area contributed by atoms with Gasteiger partial charge in [0.1, 0.15) is 5.82 Å². The Labute approximate surface area is 152 Å². The van der Waals surface area contributed by atoms with Gasteiger partial charge in [-0.3, -0.25) is 4.90 Å². The number of hydrogen-bond acceptors (Lipinski definition) is 4. The minimum atomic E-state index is -0.264. The largest absolute Gasteiger partial charge is 0.294 e. The van der Waals surface area contributed by atoms with E-state index >= 15 is 0 Å². The molecule has 26 heavy (non-hydrogen) atoms. The molecule has 1 aromatic heterocycles. The lowest BCUT2D eigenvalue weighted by molar-refractivity contribution is 0.117. The zero-order valence-corrected chi connectivity index (χ0v) is 14.6. The van der Waals surface area contributed by atoms with Crippen LogP contribution in [-0.2, 0) is 13.1 Å². The zero-order chi connectivity index (χ0) is 17.8. The first-order valence-electron chi connectivity index (χ1n) is 9.10. The summed E-state index contributed by atoms with van der Waals surface area (Å²) in [6.07, 6.45) is 3.60. The van der Waals surface area contributed by atoms with Gasteiger partial charge in [-0.1, -0.05) is 36.8 Å². The van der Waals surface area contributed by atoms with E-state index in [-0.39, 0.29) is 5.82 Å². The summed E-state index contributed by atoms with van der Waals surface area (Å²) in [5, 5.41) is 12.8. The quantitative estimate of drug-likeness (QED) is 0.705. The van der Waals surface area contributed by atoms with Crippen LogP contribution in [0.25, 0.3) is 11.4 Å². The second-order valence-corrected chi connectivity index (χ2v) is 6.78. The fourth-order valence-corrected chi connectivity index (χ4v) is 3.52. The summed E-state index contributed by atoms with van der Waals surface area (Å²) in [5.74, 6) is 0.273. The summed E-state index contributed by atoms with van der Waals surface area (Å²) < 4.78 is 13.1. The molecule has 1 fully saturated rings. The number of benzene rings is 2. The Kier molecular flexibility index (Phi) is 5.02. The number of rotatable bonds is 5. The van der Waals surface area contributed by atoms with Gasteiger partial charge < -0.3 is 0 Å². The van der Waals surface area contributed by atoms with Crippen molar-refractivity contribution in [2.45, 2.75) is 38.4 Å². The molecule has 2 heterocycles. The van der Waals surface area contributed by atoms with Crippen LogP contribution in [0.4, 0.5) is 4.39 Å². The van der Waals surface area contributed by atoms with E-state index in [1.807, 2.05) is 6.07 Å². The molecule has 2 aromatic carbocycles. The van der Waals surface area contributed by atoms with E-state index in [9.17, 15) is 4.39 Å². The van der Waals surface area contributed by atoms with Crippen LogP contribution < -0.4 is 0 Å². The lowest BCUT2D eigenvalue weighted by Gasteiger charge is -2.35. The number of hydrogen-bond donors (Lipinski definition) is 0. The van der Waals surface area contributed by atoms with Gasteiger partial charge in [0.2, 0.25) is 5.82 Å². The number of nitrogens with zero attached hydrogens (tertiary/aromatic N) is 5. The van der Waals surface area contributed by atoms with Crippen molar-refractivity contribution >= 4 is 0 Å². The maximum Gasteiger partial charge on any atom is 0.204 e. The minimum Gasteiger partial charge on any atom is -0.294 e. The van der Waals surface area contributed by atoms with Gasteiger partial charge in [-0.2, -0.15) is 4.80 Å². The predicted octanol–water partition coefficient (Wildman–Crippen LogP) is 3.53. The van der Waals surface area contributed by atoms with Crippen molar-refractivity contribution in [1.29, 1.82) is 0 Å². The normalized spacial score (nSPS) is 18.1. The molecule has 0 bridgehead atoms. The first-order valence-corrected chi connectivity index (χ1v) is 9.10. The van der Waals surface area contributed by atoms with E-state index in [0.29, 0.717) is 11.9 Å². The van der Waals surface area contributed by atoms with Crippen molar-refractivity contribution in [1.82, 2.24) is 25.1 Å². The Hall–Kier alpha value is -2.60. The van der Waals surface area contributed by atoms with Crippen molar-refractivity contribution in [2.24, 2.45) is 0 Å². The first-order chi connectivity index (χ1) is 12.8. The summed E-state index contributed by atoms with van der Waals surface area (Å²) in [5.41, 5.74) is 2.11. The van der Waals surface area contributed by atoms with Crippen molar-refractivity contribution in [2.75, 3.05) is 6.54 Å². The molecule has 0 amide bonds. The van der Waals surface area contributed by atoms with Gasteiger partial charge in [0.15, 0.2) is 0 Å². The number of likely N-dealkylation sites (tertiary alicyclic amines) is 1. The SMILES string of the molecule is Fc1ccc(-c2nnn(CC3CCCCN3Cc3ccccc3)n2)cc1. The average Bonchev–Trinajstić information content (AvgIpc) is 3.13. The van der Waals surface area contributed by atoms with E-state index in [4.69, 9.17) is 0 Å². The van der Waals surface area contributed by atoms with Crippen LogP contribution in [0.2, 0.25) is 0 Å².